The molecule has 100 valence electrons. The number of aryl methyl sites for hydroxylation is 1. The first-order valence-electron chi connectivity index (χ1n) is 6.32. The van der Waals surface area contributed by atoms with E-state index < -0.39 is 0 Å². The van der Waals surface area contributed by atoms with Crippen molar-refractivity contribution >= 4 is 11.5 Å². The van der Waals surface area contributed by atoms with Gasteiger partial charge in [-0.1, -0.05) is 30.3 Å². The third-order valence-electron chi connectivity index (χ3n) is 3.04. The Morgan fingerprint density at radius 2 is 2.05 bits per heavy atom. The Hall–Kier alpha value is -2.07. The highest BCUT2D eigenvalue weighted by Gasteiger charge is 2.09. The van der Waals surface area contributed by atoms with E-state index in [0.29, 0.717) is 11.5 Å². The Morgan fingerprint density at radius 1 is 1.32 bits per heavy atom. The maximum absolute atomic E-state index is 9.45. The number of benzene rings is 1. The molecule has 2 aromatic rings. The van der Waals surface area contributed by atoms with Crippen LogP contribution in [0.4, 0.5) is 11.5 Å². The number of nitrogen functional groups attached to an aromatic ring is 1. The van der Waals surface area contributed by atoms with E-state index >= 15 is 0 Å². The first-order chi connectivity index (χ1) is 9.19. The Kier molecular flexibility index (Phi) is 4.36. The molecule has 1 unspecified atom stereocenters. The lowest BCUT2D eigenvalue weighted by Gasteiger charge is -2.17. The molecule has 0 spiro atoms. The van der Waals surface area contributed by atoms with E-state index in [1.165, 1.54) is 5.56 Å². The Labute approximate surface area is 113 Å². The fourth-order valence-electron chi connectivity index (χ4n) is 1.89. The fraction of sp³-hybridized carbons (Fsp3) is 0.267. The Balaban J connectivity index is 2.04. The molecule has 1 aromatic heterocycles. The zero-order valence-electron chi connectivity index (χ0n) is 11.0. The van der Waals surface area contributed by atoms with Gasteiger partial charge >= 0.3 is 0 Å². The summed E-state index contributed by atoms with van der Waals surface area (Å²) in [5.74, 6) is 0.693. The molecule has 0 aliphatic rings. The summed E-state index contributed by atoms with van der Waals surface area (Å²) in [5, 5.41) is 12.7. The summed E-state index contributed by atoms with van der Waals surface area (Å²) in [6.07, 6.45) is 2.47. The van der Waals surface area contributed by atoms with Crippen molar-refractivity contribution in [3.05, 3.63) is 53.7 Å². The predicted molar refractivity (Wildman–Crippen MR) is 78.0 cm³/mol. The topological polar surface area (TPSA) is 71.2 Å². The van der Waals surface area contributed by atoms with Gasteiger partial charge in [0.2, 0.25) is 0 Å². The molecule has 0 aliphatic carbocycles. The third kappa shape index (κ3) is 3.69. The average molecular weight is 257 g/mol. The summed E-state index contributed by atoms with van der Waals surface area (Å²) in [7, 11) is 0. The highest BCUT2D eigenvalue weighted by Crippen LogP contribution is 2.15. The smallest absolute Gasteiger partial charge is 0.128 e. The monoisotopic (exact) mass is 257 g/mol. The number of anilines is 2. The molecule has 0 fully saturated rings. The molecular weight excluding hydrogens is 238 g/mol. The van der Waals surface area contributed by atoms with Gasteiger partial charge in [-0.15, -0.1) is 0 Å². The normalized spacial score (nSPS) is 12.1. The van der Waals surface area contributed by atoms with Crippen LogP contribution in [0, 0.1) is 6.92 Å². The van der Waals surface area contributed by atoms with Gasteiger partial charge in [-0.3, -0.25) is 0 Å². The van der Waals surface area contributed by atoms with Crippen molar-refractivity contribution in [2.24, 2.45) is 0 Å². The summed E-state index contributed by atoms with van der Waals surface area (Å²) in [6.45, 7) is 1.96. The second-order valence-corrected chi connectivity index (χ2v) is 4.64. The van der Waals surface area contributed by atoms with Crippen LogP contribution in [0.15, 0.2) is 42.6 Å². The van der Waals surface area contributed by atoms with Crippen LogP contribution in [0.1, 0.15) is 11.1 Å². The Morgan fingerprint density at radius 3 is 2.68 bits per heavy atom. The van der Waals surface area contributed by atoms with Crippen molar-refractivity contribution in [3.63, 3.8) is 0 Å². The molecule has 0 radical (unpaired) electrons. The number of aliphatic hydroxyl groups excluding tert-OH is 1. The fourth-order valence-corrected chi connectivity index (χ4v) is 1.89. The molecule has 0 bridgehead atoms. The number of nitrogens with two attached hydrogens (primary N) is 1. The van der Waals surface area contributed by atoms with E-state index in [4.69, 9.17) is 5.73 Å². The van der Waals surface area contributed by atoms with Crippen LogP contribution in [0.2, 0.25) is 0 Å². The molecule has 1 atom stereocenters. The van der Waals surface area contributed by atoms with Crippen LogP contribution < -0.4 is 11.1 Å². The molecule has 19 heavy (non-hydrogen) atoms. The summed E-state index contributed by atoms with van der Waals surface area (Å²) in [4.78, 5) is 4.27. The zero-order chi connectivity index (χ0) is 13.7. The SMILES string of the molecule is Cc1cnc(NC(CO)Cc2ccccc2)cc1N. The van der Waals surface area contributed by atoms with E-state index in [9.17, 15) is 5.11 Å². The second-order valence-electron chi connectivity index (χ2n) is 4.64. The van der Waals surface area contributed by atoms with E-state index in [2.05, 4.69) is 10.3 Å². The van der Waals surface area contributed by atoms with Gasteiger partial charge in [0.15, 0.2) is 0 Å². The lowest BCUT2D eigenvalue weighted by molar-refractivity contribution is 0.273. The minimum absolute atomic E-state index is 0.0460. The van der Waals surface area contributed by atoms with Crippen LogP contribution in [0.3, 0.4) is 0 Å². The van der Waals surface area contributed by atoms with Crippen LogP contribution in [-0.2, 0) is 6.42 Å². The van der Waals surface area contributed by atoms with Crippen molar-refractivity contribution in [2.75, 3.05) is 17.7 Å². The highest BCUT2D eigenvalue weighted by atomic mass is 16.3. The van der Waals surface area contributed by atoms with Crippen molar-refractivity contribution in [2.45, 2.75) is 19.4 Å². The van der Waals surface area contributed by atoms with Gasteiger partial charge < -0.3 is 16.2 Å². The predicted octanol–water partition coefficient (Wildman–Crippen LogP) is 1.99. The van der Waals surface area contributed by atoms with E-state index in [1.807, 2.05) is 37.3 Å². The zero-order valence-corrected chi connectivity index (χ0v) is 11.0. The minimum Gasteiger partial charge on any atom is -0.398 e. The van der Waals surface area contributed by atoms with E-state index in [1.54, 1.807) is 12.3 Å². The molecule has 4 nitrogen and oxygen atoms in total. The second kappa shape index (κ2) is 6.20. The van der Waals surface area contributed by atoms with Gasteiger partial charge in [0.1, 0.15) is 5.82 Å². The number of rotatable bonds is 5. The first-order valence-corrected chi connectivity index (χ1v) is 6.32. The maximum Gasteiger partial charge on any atom is 0.128 e. The van der Waals surface area contributed by atoms with Crippen molar-refractivity contribution < 1.29 is 5.11 Å². The summed E-state index contributed by atoms with van der Waals surface area (Å²) in [6, 6.07) is 11.8. The number of pyridine rings is 1. The lowest BCUT2D eigenvalue weighted by Crippen LogP contribution is -2.26. The maximum atomic E-state index is 9.45. The molecule has 4 heteroatoms. The summed E-state index contributed by atoms with van der Waals surface area (Å²) >= 11 is 0. The molecule has 0 amide bonds. The average Bonchev–Trinajstić information content (AvgIpc) is 2.43. The Bertz CT molecular complexity index is 528. The van der Waals surface area contributed by atoms with Crippen molar-refractivity contribution in [1.29, 1.82) is 0 Å². The van der Waals surface area contributed by atoms with Gasteiger partial charge in [-0.2, -0.15) is 0 Å². The molecule has 1 heterocycles. The molecule has 0 aliphatic heterocycles. The first kappa shape index (κ1) is 13.4. The van der Waals surface area contributed by atoms with Gasteiger partial charge in [-0.05, 0) is 24.5 Å². The van der Waals surface area contributed by atoms with Gasteiger partial charge in [-0.25, -0.2) is 4.98 Å². The molecule has 0 saturated carbocycles. The lowest BCUT2D eigenvalue weighted by atomic mass is 10.1. The standard InChI is InChI=1S/C15H19N3O/c1-11-9-17-15(8-14(11)16)18-13(10-19)7-12-5-3-2-4-6-12/h2-6,8-9,13,19H,7,10H2,1H3,(H3,16,17,18). The van der Waals surface area contributed by atoms with Crippen LogP contribution in [-0.4, -0.2) is 22.7 Å². The number of nitrogens with zero attached hydrogens (tertiary/aromatic N) is 1. The number of hydrogen-bond donors (Lipinski definition) is 3. The number of aliphatic hydroxyl groups is 1. The van der Waals surface area contributed by atoms with Crippen LogP contribution >= 0.6 is 0 Å². The van der Waals surface area contributed by atoms with E-state index in [0.717, 1.165) is 12.0 Å². The van der Waals surface area contributed by atoms with Gasteiger partial charge in [0, 0.05) is 18.0 Å². The number of hydrogen-bond acceptors (Lipinski definition) is 4. The number of nitrogens with one attached hydrogen (secondary N) is 1. The third-order valence-corrected chi connectivity index (χ3v) is 3.04. The van der Waals surface area contributed by atoms with Crippen LogP contribution in [0.25, 0.3) is 0 Å². The largest absolute Gasteiger partial charge is 0.398 e. The van der Waals surface area contributed by atoms with Crippen molar-refractivity contribution in [3.8, 4) is 0 Å². The van der Waals surface area contributed by atoms with E-state index in [-0.39, 0.29) is 12.6 Å². The van der Waals surface area contributed by atoms with Crippen molar-refractivity contribution in [1.82, 2.24) is 4.98 Å². The molecule has 0 saturated heterocycles. The minimum atomic E-state index is -0.0722. The number of aromatic nitrogens is 1. The van der Waals surface area contributed by atoms with Crippen LogP contribution in [0.5, 0.6) is 0 Å². The molecular formula is C15H19N3O. The van der Waals surface area contributed by atoms with Gasteiger partial charge in [0.05, 0.1) is 12.6 Å². The molecule has 1 aromatic carbocycles. The van der Waals surface area contributed by atoms with Gasteiger partial charge in [0.25, 0.3) is 0 Å². The summed E-state index contributed by atoms with van der Waals surface area (Å²) < 4.78 is 0. The molecule has 4 N–H and O–H groups in total. The summed E-state index contributed by atoms with van der Waals surface area (Å²) in [5.41, 5.74) is 8.68. The quantitative estimate of drug-likeness (QED) is 0.766. The highest BCUT2D eigenvalue weighted by molar-refractivity contribution is 5.53. The molecule has 2 rings (SSSR count).